The van der Waals surface area contributed by atoms with Gasteiger partial charge in [0.2, 0.25) is 5.91 Å². The minimum atomic E-state index is -0.580. The van der Waals surface area contributed by atoms with E-state index in [1.54, 1.807) is 30.0 Å². The van der Waals surface area contributed by atoms with E-state index < -0.39 is 5.60 Å². The van der Waals surface area contributed by atoms with Gasteiger partial charge >= 0.3 is 0 Å². The number of carbonyl (C=O) groups is 2. The summed E-state index contributed by atoms with van der Waals surface area (Å²) in [5.74, 6) is 0.987. The lowest BCUT2D eigenvalue weighted by Crippen LogP contribution is -2.50. The highest BCUT2D eigenvalue weighted by atomic mass is 16.7. The maximum atomic E-state index is 12.5. The SMILES string of the molecule is CC(=O)N1CCCC2(CC(C(=O)Nc3ccc4c(c3)OCCO4)=NO2)C1. The Labute approximate surface area is 151 Å². The Balaban J connectivity index is 1.41. The quantitative estimate of drug-likeness (QED) is 0.865. The van der Waals surface area contributed by atoms with Gasteiger partial charge in [-0.3, -0.25) is 9.59 Å². The molecule has 1 unspecified atom stereocenters. The number of hydrogen-bond acceptors (Lipinski definition) is 6. The normalized spacial score (nSPS) is 24.0. The molecule has 138 valence electrons. The fourth-order valence-corrected chi connectivity index (χ4v) is 3.55. The van der Waals surface area contributed by atoms with Crippen LogP contribution in [0.5, 0.6) is 11.5 Å². The topological polar surface area (TPSA) is 89.5 Å². The van der Waals surface area contributed by atoms with Crippen LogP contribution in [0, 0.1) is 0 Å². The van der Waals surface area contributed by atoms with Crippen molar-refractivity contribution >= 4 is 23.2 Å². The summed E-state index contributed by atoms with van der Waals surface area (Å²) < 4.78 is 11.0. The number of fused-ring (bicyclic) bond motifs is 1. The number of carbonyl (C=O) groups excluding carboxylic acids is 2. The Morgan fingerprint density at radius 3 is 2.85 bits per heavy atom. The lowest BCUT2D eigenvalue weighted by atomic mass is 9.88. The van der Waals surface area contributed by atoms with Crippen molar-refractivity contribution in [2.75, 3.05) is 31.6 Å². The molecule has 26 heavy (non-hydrogen) atoms. The summed E-state index contributed by atoms with van der Waals surface area (Å²) in [6.45, 7) is 3.74. The van der Waals surface area contributed by atoms with Crippen LogP contribution < -0.4 is 14.8 Å². The molecule has 1 saturated heterocycles. The van der Waals surface area contributed by atoms with Crippen LogP contribution in [0.4, 0.5) is 5.69 Å². The predicted molar refractivity (Wildman–Crippen MR) is 93.4 cm³/mol. The number of anilines is 1. The van der Waals surface area contributed by atoms with Crippen molar-refractivity contribution < 1.29 is 23.9 Å². The predicted octanol–water partition coefficient (Wildman–Crippen LogP) is 1.55. The third kappa shape index (κ3) is 3.18. The van der Waals surface area contributed by atoms with Gasteiger partial charge in [-0.05, 0) is 25.0 Å². The second kappa shape index (κ2) is 6.51. The van der Waals surface area contributed by atoms with E-state index in [0.29, 0.717) is 49.1 Å². The van der Waals surface area contributed by atoms with Crippen LogP contribution in [0.25, 0.3) is 0 Å². The van der Waals surface area contributed by atoms with E-state index in [9.17, 15) is 9.59 Å². The van der Waals surface area contributed by atoms with Gasteiger partial charge in [-0.25, -0.2) is 0 Å². The standard InChI is InChI=1S/C18H21N3O5/c1-12(22)21-6-2-5-18(11-21)10-14(20-26-18)17(23)19-13-3-4-15-16(9-13)25-8-7-24-15/h3-4,9H,2,5-8,10-11H2,1H3,(H,19,23). The van der Waals surface area contributed by atoms with Crippen LogP contribution in [-0.4, -0.2) is 54.3 Å². The van der Waals surface area contributed by atoms with Gasteiger partial charge in [0.15, 0.2) is 17.1 Å². The van der Waals surface area contributed by atoms with Crippen LogP contribution >= 0.6 is 0 Å². The lowest BCUT2D eigenvalue weighted by Gasteiger charge is -2.37. The molecule has 0 saturated carbocycles. The number of rotatable bonds is 2. The molecule has 0 radical (unpaired) electrons. The Kier molecular flexibility index (Phi) is 4.18. The molecule has 3 aliphatic heterocycles. The first-order chi connectivity index (χ1) is 12.5. The van der Waals surface area contributed by atoms with Gasteiger partial charge in [0, 0.05) is 31.6 Å². The molecule has 3 heterocycles. The number of oxime groups is 1. The van der Waals surface area contributed by atoms with Crippen LogP contribution in [0.3, 0.4) is 0 Å². The van der Waals surface area contributed by atoms with E-state index in [2.05, 4.69) is 10.5 Å². The second-order valence-electron chi connectivity index (χ2n) is 6.85. The molecule has 1 N–H and O–H groups in total. The summed E-state index contributed by atoms with van der Waals surface area (Å²) in [4.78, 5) is 31.6. The molecule has 0 aromatic heterocycles. The van der Waals surface area contributed by atoms with Crippen molar-refractivity contribution in [2.45, 2.75) is 31.8 Å². The summed E-state index contributed by atoms with van der Waals surface area (Å²) >= 11 is 0. The highest BCUT2D eigenvalue weighted by Gasteiger charge is 2.45. The zero-order valence-electron chi connectivity index (χ0n) is 14.6. The fraction of sp³-hybridized carbons (Fsp3) is 0.500. The summed E-state index contributed by atoms with van der Waals surface area (Å²) in [5, 5.41) is 6.82. The van der Waals surface area contributed by atoms with Crippen molar-refractivity contribution in [2.24, 2.45) is 5.16 Å². The molecule has 1 aromatic carbocycles. The van der Waals surface area contributed by atoms with Crippen molar-refractivity contribution in [3.63, 3.8) is 0 Å². The monoisotopic (exact) mass is 359 g/mol. The Morgan fingerprint density at radius 2 is 2.04 bits per heavy atom. The molecular formula is C18H21N3O5. The molecule has 8 heteroatoms. The molecule has 0 bridgehead atoms. The van der Waals surface area contributed by atoms with Gasteiger partial charge in [-0.15, -0.1) is 0 Å². The zero-order chi connectivity index (χ0) is 18.1. The van der Waals surface area contributed by atoms with Gasteiger partial charge in [-0.2, -0.15) is 0 Å². The number of benzene rings is 1. The minimum Gasteiger partial charge on any atom is -0.486 e. The molecule has 2 amide bonds. The highest BCUT2D eigenvalue weighted by Crippen LogP contribution is 2.35. The molecule has 1 aromatic rings. The summed E-state index contributed by atoms with van der Waals surface area (Å²) in [7, 11) is 0. The maximum absolute atomic E-state index is 12.5. The Morgan fingerprint density at radius 1 is 1.23 bits per heavy atom. The van der Waals surface area contributed by atoms with Gasteiger partial charge in [-0.1, -0.05) is 5.16 Å². The number of amides is 2. The van der Waals surface area contributed by atoms with Crippen LogP contribution in [0.2, 0.25) is 0 Å². The molecule has 4 rings (SSSR count). The van der Waals surface area contributed by atoms with Crippen LogP contribution in [-0.2, 0) is 14.4 Å². The molecular weight excluding hydrogens is 338 g/mol. The molecule has 8 nitrogen and oxygen atoms in total. The van der Waals surface area contributed by atoms with E-state index in [4.69, 9.17) is 14.3 Å². The first kappa shape index (κ1) is 16.7. The largest absolute Gasteiger partial charge is 0.486 e. The number of hydrogen-bond donors (Lipinski definition) is 1. The molecule has 3 aliphatic rings. The fourth-order valence-electron chi connectivity index (χ4n) is 3.55. The maximum Gasteiger partial charge on any atom is 0.273 e. The van der Waals surface area contributed by atoms with Crippen molar-refractivity contribution in [3.05, 3.63) is 18.2 Å². The number of nitrogens with one attached hydrogen (secondary N) is 1. The molecule has 0 aliphatic carbocycles. The van der Waals surface area contributed by atoms with Crippen LogP contribution in [0.1, 0.15) is 26.2 Å². The summed E-state index contributed by atoms with van der Waals surface area (Å²) in [6, 6.07) is 5.26. The van der Waals surface area contributed by atoms with Gasteiger partial charge < -0.3 is 24.5 Å². The average molecular weight is 359 g/mol. The number of piperidine rings is 1. The number of likely N-dealkylation sites (tertiary alicyclic amines) is 1. The number of nitrogens with zero attached hydrogens (tertiary/aromatic N) is 2. The smallest absolute Gasteiger partial charge is 0.273 e. The second-order valence-corrected chi connectivity index (χ2v) is 6.85. The van der Waals surface area contributed by atoms with Crippen molar-refractivity contribution in [3.8, 4) is 11.5 Å². The first-order valence-electron chi connectivity index (χ1n) is 8.76. The zero-order valence-corrected chi connectivity index (χ0v) is 14.6. The lowest BCUT2D eigenvalue weighted by molar-refractivity contribution is -0.138. The minimum absolute atomic E-state index is 0.0156. The molecule has 1 atom stereocenters. The van der Waals surface area contributed by atoms with E-state index in [-0.39, 0.29) is 11.8 Å². The molecule has 1 fully saturated rings. The van der Waals surface area contributed by atoms with E-state index in [1.807, 2.05) is 0 Å². The molecule has 1 spiro atoms. The third-order valence-electron chi connectivity index (χ3n) is 4.89. The third-order valence-corrected chi connectivity index (χ3v) is 4.89. The van der Waals surface area contributed by atoms with Gasteiger partial charge in [0.05, 0.1) is 6.54 Å². The average Bonchev–Trinajstić information content (AvgIpc) is 3.05. The van der Waals surface area contributed by atoms with E-state index in [0.717, 1.165) is 19.4 Å². The highest BCUT2D eigenvalue weighted by molar-refractivity contribution is 6.43. The number of ether oxygens (including phenoxy) is 2. The summed E-state index contributed by atoms with van der Waals surface area (Å²) in [6.07, 6.45) is 2.01. The van der Waals surface area contributed by atoms with Crippen molar-refractivity contribution in [1.82, 2.24) is 4.90 Å². The van der Waals surface area contributed by atoms with E-state index >= 15 is 0 Å². The Hall–Kier alpha value is -2.77. The summed E-state index contributed by atoms with van der Waals surface area (Å²) in [5.41, 5.74) is 0.367. The Bertz CT molecular complexity index is 778. The van der Waals surface area contributed by atoms with Gasteiger partial charge in [0.1, 0.15) is 18.9 Å². The van der Waals surface area contributed by atoms with Gasteiger partial charge in [0.25, 0.3) is 5.91 Å². The van der Waals surface area contributed by atoms with E-state index in [1.165, 1.54) is 0 Å². The van der Waals surface area contributed by atoms with Crippen LogP contribution in [0.15, 0.2) is 23.4 Å². The van der Waals surface area contributed by atoms with Crippen molar-refractivity contribution in [1.29, 1.82) is 0 Å². The first-order valence-corrected chi connectivity index (χ1v) is 8.76.